The maximum Gasteiger partial charge on any atom is 0.415 e. The van der Waals surface area contributed by atoms with Gasteiger partial charge in [-0.3, -0.25) is 4.79 Å². The van der Waals surface area contributed by atoms with E-state index in [4.69, 9.17) is 69.6 Å². The van der Waals surface area contributed by atoms with E-state index in [1.807, 2.05) is 0 Å². The van der Waals surface area contributed by atoms with Crippen molar-refractivity contribution in [2.75, 3.05) is 0 Å². The van der Waals surface area contributed by atoms with Gasteiger partial charge in [-0.05, 0) is 11.1 Å². The Labute approximate surface area is 208 Å². The van der Waals surface area contributed by atoms with Crippen molar-refractivity contribution in [2.24, 2.45) is 5.73 Å². The van der Waals surface area contributed by atoms with E-state index in [1.54, 1.807) is 6.07 Å². The van der Waals surface area contributed by atoms with Gasteiger partial charge in [0.25, 0.3) is 0 Å². The number of hydrogen-bond acceptors (Lipinski definition) is 6. The average Bonchev–Trinajstić information content (AvgIpc) is 2.95. The van der Waals surface area contributed by atoms with Crippen LogP contribution in [-0.2, 0) is 40.1 Å². The molecular weight excluding hydrogens is 475 g/mol. The highest BCUT2D eigenvalue weighted by Gasteiger charge is 2.52. The summed E-state index contributed by atoms with van der Waals surface area (Å²) in [5, 5.41) is 0. The zero-order chi connectivity index (χ0) is 26.7. The molecule has 0 aliphatic carbocycles. The van der Waals surface area contributed by atoms with E-state index >= 15 is 0 Å². The van der Waals surface area contributed by atoms with Gasteiger partial charge in [-0.2, -0.15) is 21.6 Å². The van der Waals surface area contributed by atoms with Gasteiger partial charge in [0.05, 0.1) is 20.2 Å². The highest BCUT2D eigenvalue weighted by atomic mass is 32.2. The molecule has 1 aliphatic rings. The first-order valence-corrected chi connectivity index (χ1v) is 10.7. The molecule has 0 aromatic heterocycles. The van der Waals surface area contributed by atoms with Crippen molar-refractivity contribution in [3.8, 4) is 0 Å². The van der Waals surface area contributed by atoms with Crippen LogP contribution in [0.5, 0.6) is 0 Å². The van der Waals surface area contributed by atoms with E-state index < -0.39 is 76.7 Å². The molecule has 2 aromatic carbocycles. The third kappa shape index (κ3) is 4.21. The molecule has 0 spiro atoms. The molecule has 1 aliphatic heterocycles. The predicted octanol–water partition coefficient (Wildman–Crippen LogP) is -3.58. The normalized spacial score (nSPS) is 19.0. The van der Waals surface area contributed by atoms with Gasteiger partial charge >= 0.3 is 16.3 Å². The van der Waals surface area contributed by atoms with Crippen LogP contribution in [0.3, 0.4) is 0 Å². The molecule has 0 fully saturated rings. The number of ketones is 1. The smallest absolute Gasteiger partial charge is 0.415 e. The van der Waals surface area contributed by atoms with Crippen molar-refractivity contribution in [3.63, 3.8) is 0 Å². The molecule has 1 heterocycles. The van der Waals surface area contributed by atoms with Crippen LogP contribution in [-0.4, -0.2) is 69.1 Å². The largest absolute Gasteiger partial charge is 0.468 e. The molecule has 35 heavy (non-hydrogen) atoms. The minimum Gasteiger partial charge on any atom is -0.468 e. The molecule has 17 heteroatoms. The SMILES string of the molecule is [B]c1c([B])c([C@]2([B])OC(N)=C(OS(=O)(=O)C([B])([B])c3ccccc3)C2=O)c([B])c([B])c1C(F)(F)F. The average molecular weight is 482 g/mol. The maximum absolute atomic E-state index is 13.4. The van der Waals surface area contributed by atoms with Crippen LogP contribution >= 0.6 is 0 Å². The Bertz CT molecular complexity index is 1340. The number of halogens is 3. The minimum absolute atomic E-state index is 0.124. The van der Waals surface area contributed by atoms with Crippen molar-refractivity contribution in [3.05, 3.63) is 58.7 Å². The van der Waals surface area contributed by atoms with Gasteiger partial charge in [0.2, 0.25) is 17.4 Å². The quantitative estimate of drug-likeness (QED) is 0.350. The van der Waals surface area contributed by atoms with Gasteiger partial charge in [-0.15, -0.1) is 0 Å². The lowest BCUT2D eigenvalue weighted by atomic mass is 9.57. The van der Waals surface area contributed by atoms with E-state index in [0.717, 1.165) is 0 Å². The minimum atomic E-state index is -5.07. The Hall–Kier alpha value is -2.56. The number of hydrogen-bond donors (Lipinski definition) is 1. The van der Waals surface area contributed by atoms with Gasteiger partial charge in [0.15, 0.2) is 5.50 Å². The maximum atomic E-state index is 13.4. The van der Waals surface area contributed by atoms with Crippen molar-refractivity contribution in [1.82, 2.24) is 0 Å². The van der Waals surface area contributed by atoms with Gasteiger partial charge in [0.1, 0.15) is 39.2 Å². The number of carbonyl (C=O) groups excluding carboxylic acids is 1. The molecule has 2 aromatic rings. The topological polar surface area (TPSA) is 95.7 Å². The molecule has 0 amide bonds. The number of ether oxygens (including phenoxy) is 1. The first-order chi connectivity index (χ1) is 15.9. The molecular formula is C18H7B7F3NO5S. The number of alkyl halides is 3. The summed E-state index contributed by atoms with van der Waals surface area (Å²) in [5.41, 5.74) is -3.77. The third-order valence-corrected chi connectivity index (χ3v) is 6.63. The van der Waals surface area contributed by atoms with Crippen LogP contribution in [0.25, 0.3) is 0 Å². The van der Waals surface area contributed by atoms with Crippen LogP contribution in [0.2, 0.25) is 0 Å². The summed E-state index contributed by atoms with van der Waals surface area (Å²) in [5.74, 6) is -3.67. The standard InChI is InChI=1S/C18H7B7F3NO5S/c19-9-7(10(20)12(22)8(11(9)21)18(26,27)28)16(23)14(30)13(15(29)33-16)34-35(31,32)17(24,25)6-4-2-1-3-5-6/h1-5H,29H2/t16-/m0/s1. The van der Waals surface area contributed by atoms with Gasteiger partial charge in [0, 0.05) is 5.56 Å². The van der Waals surface area contributed by atoms with Crippen molar-refractivity contribution < 1.29 is 35.3 Å². The van der Waals surface area contributed by atoms with E-state index in [2.05, 4.69) is 0 Å². The van der Waals surface area contributed by atoms with E-state index in [-0.39, 0.29) is 5.56 Å². The lowest BCUT2D eigenvalue weighted by molar-refractivity contribution is -0.135. The van der Waals surface area contributed by atoms with Crippen LogP contribution < -0.4 is 27.6 Å². The van der Waals surface area contributed by atoms with E-state index in [0.29, 0.717) is 0 Å². The second-order valence-corrected chi connectivity index (χ2v) is 9.21. The molecule has 14 radical (unpaired) electrons. The van der Waals surface area contributed by atoms with Crippen LogP contribution in [0, 0.1) is 0 Å². The molecule has 0 unspecified atom stereocenters. The lowest BCUT2D eigenvalue weighted by Gasteiger charge is -2.32. The third-order valence-electron chi connectivity index (χ3n) is 5.18. The Kier molecular flexibility index (Phi) is 6.59. The monoisotopic (exact) mass is 483 g/mol. The second-order valence-electron chi connectivity index (χ2n) is 7.46. The summed E-state index contributed by atoms with van der Waals surface area (Å²) in [6.07, 6.45) is -5.07. The summed E-state index contributed by atoms with van der Waals surface area (Å²) < 4.78 is 72.9. The van der Waals surface area contributed by atoms with Gasteiger partial charge < -0.3 is 14.7 Å². The fourth-order valence-electron chi connectivity index (χ4n) is 3.35. The highest BCUT2D eigenvalue weighted by molar-refractivity contribution is 7.90. The van der Waals surface area contributed by atoms with Crippen LogP contribution in [0.1, 0.15) is 16.7 Å². The Morgan fingerprint density at radius 2 is 1.43 bits per heavy atom. The van der Waals surface area contributed by atoms with Crippen LogP contribution in [0.15, 0.2) is 42.0 Å². The zero-order valence-corrected chi connectivity index (χ0v) is 18.4. The van der Waals surface area contributed by atoms with Crippen molar-refractivity contribution in [2.45, 2.75) is 16.2 Å². The molecule has 6 nitrogen and oxygen atoms in total. The zero-order valence-electron chi connectivity index (χ0n) is 17.6. The molecule has 2 N–H and O–H groups in total. The first kappa shape index (κ1) is 27.0. The van der Waals surface area contributed by atoms with Gasteiger partial charge in [-0.25, -0.2) is 0 Å². The Balaban J connectivity index is 2.08. The summed E-state index contributed by atoms with van der Waals surface area (Å²) in [6.45, 7) is 0. The highest BCUT2D eigenvalue weighted by Crippen LogP contribution is 2.37. The molecule has 1 atom stereocenters. The van der Waals surface area contributed by atoms with Crippen LogP contribution in [0.4, 0.5) is 13.2 Å². The summed E-state index contributed by atoms with van der Waals surface area (Å²) in [7, 11) is 34.8. The lowest BCUT2D eigenvalue weighted by Crippen LogP contribution is -2.56. The number of carbonyl (C=O) groups is 1. The summed E-state index contributed by atoms with van der Waals surface area (Å²) in [4.78, 5) is 13.1. The van der Waals surface area contributed by atoms with Gasteiger partial charge in [-0.1, -0.05) is 52.2 Å². The molecule has 0 bridgehead atoms. The number of Topliss-reactive ketones (excluding diaryl/α,β-unsaturated/α-hetero) is 1. The van der Waals surface area contributed by atoms with E-state index in [9.17, 15) is 26.4 Å². The number of rotatable bonds is 5. The molecule has 0 saturated carbocycles. The molecule has 162 valence electrons. The Morgan fingerprint density at radius 1 is 0.943 bits per heavy atom. The first-order valence-electron chi connectivity index (χ1n) is 9.31. The summed E-state index contributed by atoms with van der Waals surface area (Å²) >= 11 is 0. The predicted molar refractivity (Wildman–Crippen MR) is 127 cm³/mol. The molecule has 3 rings (SSSR count). The fourth-order valence-corrected chi connectivity index (χ4v) is 4.29. The second kappa shape index (κ2) is 8.53. The number of nitrogens with two attached hydrogens (primary N) is 1. The fraction of sp³-hybridized carbons (Fsp3) is 0.167. The Morgan fingerprint density at radius 3 is 1.89 bits per heavy atom. The van der Waals surface area contributed by atoms with Crippen molar-refractivity contribution >= 4 is 92.7 Å². The molecule has 0 saturated heterocycles. The van der Waals surface area contributed by atoms with Crippen molar-refractivity contribution in [1.29, 1.82) is 0 Å². The number of benzene rings is 2. The van der Waals surface area contributed by atoms with E-state index in [1.165, 1.54) is 24.3 Å². The summed E-state index contributed by atoms with van der Waals surface area (Å²) in [6, 6.07) is 6.97.